The van der Waals surface area contributed by atoms with Gasteiger partial charge in [-0.05, 0) is 29.2 Å². The van der Waals surface area contributed by atoms with Gasteiger partial charge in [0.15, 0.2) is 11.4 Å². The van der Waals surface area contributed by atoms with Crippen molar-refractivity contribution < 1.29 is 14.7 Å². The summed E-state index contributed by atoms with van der Waals surface area (Å²) in [5.74, 6) is -0.822. The maximum atomic E-state index is 12.8. The van der Waals surface area contributed by atoms with Gasteiger partial charge in [0.05, 0.1) is 6.42 Å². The van der Waals surface area contributed by atoms with Gasteiger partial charge in [-0.15, -0.1) is 0 Å². The average Bonchev–Trinajstić information content (AvgIpc) is 2.98. The lowest BCUT2D eigenvalue weighted by molar-refractivity contribution is -0.133. The van der Waals surface area contributed by atoms with Gasteiger partial charge in [-0.2, -0.15) is 0 Å². The highest BCUT2D eigenvalue weighted by Gasteiger charge is 2.46. The van der Waals surface area contributed by atoms with E-state index in [1.807, 2.05) is 55.5 Å². The zero-order chi connectivity index (χ0) is 19.7. The minimum absolute atomic E-state index is 0.271. The molecule has 0 saturated heterocycles. The van der Waals surface area contributed by atoms with Crippen molar-refractivity contribution in [2.45, 2.75) is 25.4 Å². The molecular weight excluding hydrogens is 350 g/mol. The molecule has 3 aromatic rings. The van der Waals surface area contributed by atoms with Crippen molar-refractivity contribution in [3.8, 4) is 11.1 Å². The molecule has 0 fully saturated rings. The van der Waals surface area contributed by atoms with Crippen molar-refractivity contribution in [1.29, 1.82) is 0 Å². The Labute approximate surface area is 163 Å². The fourth-order valence-corrected chi connectivity index (χ4v) is 3.60. The van der Waals surface area contributed by atoms with Gasteiger partial charge in [0.25, 0.3) is 5.91 Å². The molecule has 4 rings (SSSR count). The monoisotopic (exact) mass is 371 g/mol. The van der Waals surface area contributed by atoms with Crippen molar-refractivity contribution in [1.82, 2.24) is 0 Å². The van der Waals surface area contributed by atoms with Crippen LogP contribution in [0.4, 0.5) is 5.69 Å². The fraction of sp³-hybridized carbons (Fsp3) is 0.167. The van der Waals surface area contributed by atoms with Crippen LogP contribution in [-0.2, 0) is 16.8 Å². The van der Waals surface area contributed by atoms with Crippen molar-refractivity contribution >= 4 is 17.4 Å². The van der Waals surface area contributed by atoms with Crippen LogP contribution in [-0.4, -0.2) is 16.8 Å². The Hall–Kier alpha value is -3.24. The minimum Gasteiger partial charge on any atom is -0.375 e. The number of nitrogens with one attached hydrogen (secondary N) is 1. The Morgan fingerprint density at radius 2 is 1.64 bits per heavy atom. The van der Waals surface area contributed by atoms with E-state index in [1.54, 1.807) is 24.3 Å². The molecule has 1 aliphatic heterocycles. The van der Waals surface area contributed by atoms with E-state index in [-0.39, 0.29) is 12.2 Å². The van der Waals surface area contributed by atoms with E-state index >= 15 is 0 Å². The summed E-state index contributed by atoms with van der Waals surface area (Å²) < 4.78 is 0. The van der Waals surface area contributed by atoms with Crippen LogP contribution >= 0.6 is 0 Å². The SMILES string of the molecule is CCc1ccc2c(c1)C(O)(CC(=O)c1ccc(-c3ccccc3)cc1)C(=O)N2. The number of amides is 1. The Kier molecular flexibility index (Phi) is 4.57. The molecule has 1 aliphatic rings. The first-order valence-corrected chi connectivity index (χ1v) is 9.37. The molecule has 1 atom stereocenters. The molecule has 0 aromatic heterocycles. The van der Waals surface area contributed by atoms with Crippen molar-refractivity contribution in [3.63, 3.8) is 0 Å². The van der Waals surface area contributed by atoms with Crippen LogP contribution in [0.2, 0.25) is 0 Å². The summed E-state index contributed by atoms with van der Waals surface area (Å²) in [6.07, 6.45) is 0.496. The number of carbonyl (C=O) groups is 2. The quantitative estimate of drug-likeness (QED) is 0.656. The first-order chi connectivity index (χ1) is 13.5. The predicted octanol–water partition coefficient (Wildman–Crippen LogP) is 4.33. The molecule has 28 heavy (non-hydrogen) atoms. The lowest BCUT2D eigenvalue weighted by Crippen LogP contribution is -2.36. The third-order valence-corrected chi connectivity index (χ3v) is 5.29. The molecule has 1 heterocycles. The number of hydrogen-bond acceptors (Lipinski definition) is 3. The highest BCUT2D eigenvalue weighted by atomic mass is 16.3. The summed E-state index contributed by atoms with van der Waals surface area (Å²) in [5, 5.41) is 13.7. The normalized spacial score (nSPS) is 17.9. The summed E-state index contributed by atoms with van der Waals surface area (Å²) in [5.41, 5.74) is 2.76. The number of aliphatic hydroxyl groups is 1. The summed E-state index contributed by atoms with van der Waals surface area (Å²) in [7, 11) is 0. The summed E-state index contributed by atoms with van der Waals surface area (Å²) in [6, 6.07) is 22.6. The first kappa shape index (κ1) is 18.1. The van der Waals surface area contributed by atoms with E-state index in [9.17, 15) is 14.7 Å². The van der Waals surface area contributed by atoms with Crippen LogP contribution in [0.5, 0.6) is 0 Å². The number of anilines is 1. The van der Waals surface area contributed by atoms with E-state index in [0.29, 0.717) is 16.8 Å². The van der Waals surface area contributed by atoms with Gasteiger partial charge in [0.1, 0.15) is 0 Å². The van der Waals surface area contributed by atoms with Gasteiger partial charge < -0.3 is 10.4 Å². The predicted molar refractivity (Wildman–Crippen MR) is 109 cm³/mol. The van der Waals surface area contributed by atoms with Gasteiger partial charge in [0, 0.05) is 16.8 Å². The second-order valence-corrected chi connectivity index (χ2v) is 7.09. The van der Waals surface area contributed by atoms with Crippen LogP contribution in [0, 0.1) is 0 Å². The lowest BCUT2D eigenvalue weighted by atomic mass is 9.87. The Morgan fingerprint density at radius 3 is 2.32 bits per heavy atom. The second kappa shape index (κ2) is 7.06. The molecule has 0 radical (unpaired) electrons. The van der Waals surface area contributed by atoms with Crippen molar-refractivity contribution in [2.75, 3.05) is 5.32 Å². The third kappa shape index (κ3) is 3.12. The minimum atomic E-state index is -1.84. The lowest BCUT2D eigenvalue weighted by Gasteiger charge is -2.20. The van der Waals surface area contributed by atoms with E-state index < -0.39 is 11.5 Å². The zero-order valence-corrected chi connectivity index (χ0v) is 15.6. The topological polar surface area (TPSA) is 66.4 Å². The number of rotatable bonds is 5. The average molecular weight is 371 g/mol. The van der Waals surface area contributed by atoms with Crippen LogP contribution in [0.1, 0.15) is 34.8 Å². The van der Waals surface area contributed by atoms with Crippen molar-refractivity contribution in [3.05, 3.63) is 89.5 Å². The van der Waals surface area contributed by atoms with Crippen LogP contribution in [0.15, 0.2) is 72.8 Å². The molecule has 3 aromatic carbocycles. The molecule has 0 saturated carbocycles. The van der Waals surface area contributed by atoms with E-state index in [0.717, 1.165) is 23.1 Å². The largest absolute Gasteiger partial charge is 0.375 e. The highest BCUT2D eigenvalue weighted by Crippen LogP contribution is 2.39. The standard InChI is InChI=1S/C24H21NO3/c1-2-16-8-13-21-20(14-16)24(28,23(27)25-21)15-22(26)19-11-9-18(10-12-19)17-6-4-3-5-7-17/h3-14,28H,2,15H2,1H3,(H,25,27). The fourth-order valence-electron chi connectivity index (χ4n) is 3.60. The number of carbonyl (C=O) groups excluding carboxylic acids is 2. The number of fused-ring (bicyclic) bond motifs is 1. The molecule has 0 spiro atoms. The third-order valence-electron chi connectivity index (χ3n) is 5.29. The maximum Gasteiger partial charge on any atom is 0.261 e. The molecule has 4 heteroatoms. The molecular formula is C24H21NO3. The summed E-state index contributed by atoms with van der Waals surface area (Å²) in [4.78, 5) is 25.3. The molecule has 140 valence electrons. The first-order valence-electron chi connectivity index (χ1n) is 9.37. The maximum absolute atomic E-state index is 12.8. The van der Waals surface area contributed by atoms with E-state index in [1.165, 1.54) is 0 Å². The molecule has 0 bridgehead atoms. The van der Waals surface area contributed by atoms with Crippen LogP contribution in [0.3, 0.4) is 0 Å². The Bertz CT molecular complexity index is 1040. The smallest absolute Gasteiger partial charge is 0.261 e. The number of aryl methyl sites for hydroxylation is 1. The molecule has 0 aliphatic carbocycles. The van der Waals surface area contributed by atoms with Gasteiger partial charge in [0.2, 0.25) is 0 Å². The molecule has 1 unspecified atom stereocenters. The molecule has 4 nitrogen and oxygen atoms in total. The van der Waals surface area contributed by atoms with Crippen molar-refractivity contribution in [2.24, 2.45) is 0 Å². The summed E-state index contributed by atoms with van der Waals surface area (Å²) in [6.45, 7) is 2.00. The van der Waals surface area contributed by atoms with Gasteiger partial charge in [-0.1, -0.05) is 73.7 Å². The van der Waals surface area contributed by atoms with Gasteiger partial charge >= 0.3 is 0 Å². The Morgan fingerprint density at radius 1 is 0.964 bits per heavy atom. The zero-order valence-electron chi connectivity index (χ0n) is 15.6. The number of Topliss-reactive ketones (excluding diaryl/α,β-unsaturated/α-hetero) is 1. The van der Waals surface area contributed by atoms with Gasteiger partial charge in [-0.3, -0.25) is 9.59 Å². The Balaban J connectivity index is 1.59. The van der Waals surface area contributed by atoms with E-state index in [4.69, 9.17) is 0 Å². The van der Waals surface area contributed by atoms with Crippen LogP contribution < -0.4 is 5.32 Å². The highest BCUT2D eigenvalue weighted by molar-refractivity contribution is 6.09. The molecule has 2 N–H and O–H groups in total. The number of hydrogen-bond donors (Lipinski definition) is 2. The van der Waals surface area contributed by atoms with Crippen LogP contribution in [0.25, 0.3) is 11.1 Å². The number of benzene rings is 3. The summed E-state index contributed by atoms with van der Waals surface area (Å²) >= 11 is 0. The van der Waals surface area contributed by atoms with E-state index in [2.05, 4.69) is 5.32 Å². The molecule has 1 amide bonds. The second-order valence-electron chi connectivity index (χ2n) is 7.09. The van der Waals surface area contributed by atoms with Gasteiger partial charge in [-0.25, -0.2) is 0 Å². The number of ketones is 1.